The molecule has 8 heteroatoms. The summed E-state index contributed by atoms with van der Waals surface area (Å²) in [6.07, 6.45) is 0.634. The standard InChI is InChI=1S/C26H17Cl2N5O/c27-17-11-9-16(10-12-17)13-14-33-24(32-26(34)18-5-1-2-6-20(18)28)19(15-29)23-25(33)31-22-8-4-3-7-21(22)30-23/h1-12H,13-14H2,(H,32,34). The van der Waals surface area contributed by atoms with Crippen molar-refractivity contribution in [2.24, 2.45) is 0 Å². The molecule has 0 spiro atoms. The molecule has 0 saturated carbocycles. The first kappa shape index (κ1) is 21.9. The van der Waals surface area contributed by atoms with Gasteiger partial charge < -0.3 is 9.88 Å². The molecule has 0 fully saturated rings. The van der Waals surface area contributed by atoms with Gasteiger partial charge in [0.05, 0.1) is 21.6 Å². The third-order valence-corrected chi connectivity index (χ3v) is 6.13. The molecular weight excluding hydrogens is 469 g/mol. The number of nitriles is 1. The van der Waals surface area contributed by atoms with Gasteiger partial charge in [0.2, 0.25) is 0 Å². The number of para-hydroxylation sites is 2. The summed E-state index contributed by atoms with van der Waals surface area (Å²) in [5.74, 6) is -0.0751. The van der Waals surface area contributed by atoms with E-state index in [0.717, 1.165) is 5.56 Å². The van der Waals surface area contributed by atoms with E-state index in [1.54, 1.807) is 24.3 Å². The summed E-state index contributed by atoms with van der Waals surface area (Å²) in [7, 11) is 0. The minimum absolute atomic E-state index is 0.254. The fourth-order valence-corrected chi connectivity index (χ4v) is 4.21. The second-order valence-corrected chi connectivity index (χ2v) is 8.53. The first-order valence-electron chi connectivity index (χ1n) is 10.5. The number of aromatic nitrogens is 3. The third-order valence-electron chi connectivity index (χ3n) is 5.55. The van der Waals surface area contributed by atoms with E-state index in [-0.39, 0.29) is 5.56 Å². The molecule has 6 nitrogen and oxygen atoms in total. The largest absolute Gasteiger partial charge is 0.309 e. The maximum Gasteiger partial charge on any atom is 0.258 e. The van der Waals surface area contributed by atoms with Gasteiger partial charge in [-0.05, 0) is 48.4 Å². The second kappa shape index (κ2) is 9.14. The van der Waals surface area contributed by atoms with Crippen LogP contribution in [0.2, 0.25) is 10.0 Å². The lowest BCUT2D eigenvalue weighted by Gasteiger charge is -2.12. The van der Waals surface area contributed by atoms with Crippen molar-refractivity contribution in [3.63, 3.8) is 0 Å². The third kappa shape index (κ3) is 4.08. The number of benzene rings is 3. The Labute approximate surface area is 205 Å². The second-order valence-electron chi connectivity index (χ2n) is 7.68. The van der Waals surface area contributed by atoms with Gasteiger partial charge in [-0.2, -0.15) is 5.26 Å². The molecule has 2 heterocycles. The summed E-state index contributed by atoms with van der Waals surface area (Å²) < 4.78 is 1.83. The summed E-state index contributed by atoms with van der Waals surface area (Å²) in [6.45, 7) is 0.463. The summed E-state index contributed by atoms with van der Waals surface area (Å²) in [5, 5.41) is 13.9. The average Bonchev–Trinajstić information content (AvgIpc) is 3.13. The van der Waals surface area contributed by atoms with Crippen molar-refractivity contribution < 1.29 is 4.79 Å². The number of fused-ring (bicyclic) bond motifs is 2. The number of amides is 1. The average molecular weight is 486 g/mol. The van der Waals surface area contributed by atoms with E-state index in [1.165, 1.54) is 0 Å². The lowest BCUT2D eigenvalue weighted by molar-refractivity contribution is 0.102. The molecule has 2 aromatic heterocycles. The molecule has 0 bridgehead atoms. The van der Waals surface area contributed by atoms with Gasteiger partial charge in [0.1, 0.15) is 23.0 Å². The van der Waals surface area contributed by atoms with Crippen LogP contribution in [0.15, 0.2) is 72.8 Å². The Morgan fingerprint density at radius 3 is 2.32 bits per heavy atom. The molecule has 166 valence electrons. The van der Waals surface area contributed by atoms with Crippen molar-refractivity contribution >= 4 is 57.1 Å². The molecular formula is C26H17Cl2N5O. The SMILES string of the molecule is N#Cc1c(NC(=O)c2ccccc2Cl)n(CCc2ccc(Cl)cc2)c2nc3ccccc3nc12. The highest BCUT2D eigenvalue weighted by Crippen LogP contribution is 2.30. The molecule has 0 aliphatic rings. The van der Waals surface area contributed by atoms with Gasteiger partial charge in [-0.3, -0.25) is 4.79 Å². The van der Waals surface area contributed by atoms with Gasteiger partial charge in [0.25, 0.3) is 5.91 Å². The number of halogens is 2. The quantitative estimate of drug-likeness (QED) is 0.318. The van der Waals surface area contributed by atoms with Crippen LogP contribution in [-0.2, 0) is 13.0 Å². The van der Waals surface area contributed by atoms with Gasteiger partial charge >= 0.3 is 0 Å². The van der Waals surface area contributed by atoms with Gasteiger partial charge in [-0.25, -0.2) is 9.97 Å². The molecule has 5 rings (SSSR count). The van der Waals surface area contributed by atoms with Crippen molar-refractivity contribution in [2.45, 2.75) is 13.0 Å². The maximum atomic E-state index is 13.1. The van der Waals surface area contributed by atoms with Gasteiger partial charge in [-0.1, -0.05) is 59.6 Å². The van der Waals surface area contributed by atoms with Crippen molar-refractivity contribution in [1.82, 2.24) is 14.5 Å². The first-order valence-corrected chi connectivity index (χ1v) is 11.3. The van der Waals surface area contributed by atoms with Crippen LogP contribution in [0.1, 0.15) is 21.5 Å². The van der Waals surface area contributed by atoms with Crippen LogP contribution >= 0.6 is 23.2 Å². The number of anilines is 1. The van der Waals surface area contributed by atoms with E-state index in [0.29, 0.717) is 56.6 Å². The van der Waals surface area contributed by atoms with Gasteiger partial charge in [0, 0.05) is 11.6 Å². The summed E-state index contributed by atoms with van der Waals surface area (Å²) in [4.78, 5) is 22.6. The fraction of sp³-hybridized carbons (Fsp3) is 0.0769. The lowest BCUT2D eigenvalue weighted by atomic mass is 10.1. The normalized spacial score (nSPS) is 11.0. The van der Waals surface area contributed by atoms with Crippen LogP contribution in [0.25, 0.3) is 22.2 Å². The monoisotopic (exact) mass is 485 g/mol. The minimum atomic E-state index is -0.415. The highest BCUT2D eigenvalue weighted by Gasteiger charge is 2.23. The number of carbonyl (C=O) groups excluding carboxylic acids is 1. The Kier molecular flexibility index (Phi) is 5.89. The predicted molar refractivity (Wildman–Crippen MR) is 134 cm³/mol. The van der Waals surface area contributed by atoms with Crippen molar-refractivity contribution in [3.05, 3.63) is 99.5 Å². The summed E-state index contributed by atoms with van der Waals surface area (Å²) in [6, 6.07) is 24.0. The molecule has 0 radical (unpaired) electrons. The molecule has 1 amide bonds. The van der Waals surface area contributed by atoms with E-state index in [1.807, 2.05) is 53.1 Å². The van der Waals surface area contributed by atoms with Gasteiger partial charge in [0.15, 0.2) is 5.65 Å². The van der Waals surface area contributed by atoms with Crippen LogP contribution < -0.4 is 5.32 Å². The zero-order valence-electron chi connectivity index (χ0n) is 17.8. The Bertz CT molecular complexity index is 1590. The van der Waals surface area contributed by atoms with Crippen LogP contribution in [0.3, 0.4) is 0 Å². The number of carbonyl (C=O) groups is 1. The molecule has 0 aliphatic heterocycles. The highest BCUT2D eigenvalue weighted by molar-refractivity contribution is 6.34. The summed E-state index contributed by atoms with van der Waals surface area (Å²) in [5.41, 5.74) is 3.96. The van der Waals surface area contributed by atoms with E-state index in [2.05, 4.69) is 11.4 Å². The Morgan fingerprint density at radius 1 is 0.941 bits per heavy atom. The van der Waals surface area contributed by atoms with Crippen LogP contribution in [0.5, 0.6) is 0 Å². The van der Waals surface area contributed by atoms with E-state index in [4.69, 9.17) is 33.2 Å². The molecule has 1 N–H and O–H groups in total. The Morgan fingerprint density at radius 2 is 1.62 bits per heavy atom. The number of hydrogen-bond donors (Lipinski definition) is 1. The first-order chi connectivity index (χ1) is 16.5. The van der Waals surface area contributed by atoms with E-state index in [9.17, 15) is 10.1 Å². The highest BCUT2D eigenvalue weighted by atomic mass is 35.5. The van der Waals surface area contributed by atoms with Crippen molar-refractivity contribution in [1.29, 1.82) is 5.26 Å². The van der Waals surface area contributed by atoms with Crippen LogP contribution in [0, 0.1) is 11.3 Å². The molecule has 0 atom stereocenters. The Balaban J connectivity index is 1.64. The van der Waals surface area contributed by atoms with Crippen LogP contribution in [0.4, 0.5) is 5.82 Å². The van der Waals surface area contributed by atoms with E-state index >= 15 is 0 Å². The van der Waals surface area contributed by atoms with Crippen molar-refractivity contribution in [2.75, 3.05) is 5.32 Å². The number of rotatable bonds is 5. The molecule has 0 aliphatic carbocycles. The smallest absolute Gasteiger partial charge is 0.258 e. The number of nitrogens with one attached hydrogen (secondary N) is 1. The molecule has 0 saturated heterocycles. The molecule has 3 aromatic carbocycles. The molecule has 0 unspecified atom stereocenters. The van der Waals surface area contributed by atoms with E-state index < -0.39 is 5.91 Å². The summed E-state index contributed by atoms with van der Waals surface area (Å²) >= 11 is 12.3. The van der Waals surface area contributed by atoms with Gasteiger partial charge in [-0.15, -0.1) is 0 Å². The fourth-order valence-electron chi connectivity index (χ4n) is 3.87. The zero-order chi connectivity index (χ0) is 23.7. The Hall–Kier alpha value is -3.92. The number of nitrogens with zero attached hydrogens (tertiary/aromatic N) is 4. The lowest BCUT2D eigenvalue weighted by Crippen LogP contribution is -2.17. The molecule has 5 aromatic rings. The topological polar surface area (TPSA) is 83.6 Å². The van der Waals surface area contributed by atoms with Crippen LogP contribution in [-0.4, -0.2) is 20.4 Å². The number of hydrogen-bond acceptors (Lipinski definition) is 4. The number of aryl methyl sites for hydroxylation is 2. The van der Waals surface area contributed by atoms with Crippen molar-refractivity contribution in [3.8, 4) is 6.07 Å². The molecule has 34 heavy (non-hydrogen) atoms. The predicted octanol–water partition coefficient (Wildman–Crippen LogP) is 6.26. The minimum Gasteiger partial charge on any atom is -0.309 e. The maximum absolute atomic E-state index is 13.1. The zero-order valence-corrected chi connectivity index (χ0v) is 19.3.